The van der Waals surface area contributed by atoms with Gasteiger partial charge in [-0.2, -0.15) is 0 Å². The van der Waals surface area contributed by atoms with Crippen LogP contribution in [0.2, 0.25) is 0 Å². The molecular weight excluding hydrogens is 380 g/mol. The van der Waals surface area contributed by atoms with E-state index in [4.69, 9.17) is 0 Å². The Labute approximate surface area is 173 Å². The molecule has 1 unspecified atom stereocenters. The molecule has 4 rings (SSSR count). The van der Waals surface area contributed by atoms with Gasteiger partial charge in [-0.3, -0.25) is 9.97 Å². The van der Waals surface area contributed by atoms with Crippen LogP contribution in [-0.2, 0) is 20.6 Å². The van der Waals surface area contributed by atoms with E-state index in [1.165, 1.54) is 0 Å². The van der Waals surface area contributed by atoms with Gasteiger partial charge < -0.3 is 19.7 Å². The van der Waals surface area contributed by atoms with Gasteiger partial charge in [0.05, 0.1) is 42.5 Å². The highest BCUT2D eigenvalue weighted by atomic mass is 16.4. The monoisotopic (exact) mass is 402 g/mol. The van der Waals surface area contributed by atoms with Crippen LogP contribution in [0.4, 0.5) is 0 Å². The van der Waals surface area contributed by atoms with Crippen LogP contribution in [0.5, 0.6) is 0 Å². The van der Waals surface area contributed by atoms with Gasteiger partial charge in [0.25, 0.3) is 0 Å². The van der Waals surface area contributed by atoms with E-state index in [0.29, 0.717) is 23.5 Å². The van der Waals surface area contributed by atoms with E-state index in [1.54, 1.807) is 42.0 Å². The fourth-order valence-electron chi connectivity index (χ4n) is 3.36. The predicted molar refractivity (Wildman–Crippen MR) is 111 cm³/mol. The minimum Gasteiger partial charge on any atom is -0.410 e. The van der Waals surface area contributed by atoms with E-state index in [9.17, 15) is 5.21 Å². The lowest BCUT2D eigenvalue weighted by atomic mass is 10.0. The second kappa shape index (κ2) is 8.66. The van der Waals surface area contributed by atoms with Crippen molar-refractivity contribution < 1.29 is 5.21 Å². The molecule has 4 heterocycles. The molecule has 0 aliphatic heterocycles. The molecule has 0 aromatic carbocycles. The van der Waals surface area contributed by atoms with Crippen LogP contribution in [0.15, 0.2) is 73.2 Å². The minimum absolute atomic E-state index is 0.0853. The first-order valence-corrected chi connectivity index (χ1v) is 9.40. The molecule has 2 N–H and O–H groups in total. The van der Waals surface area contributed by atoms with E-state index >= 15 is 0 Å². The Morgan fingerprint density at radius 1 is 1.03 bits per heavy atom. The van der Waals surface area contributed by atoms with E-state index in [-0.39, 0.29) is 6.04 Å². The van der Waals surface area contributed by atoms with Gasteiger partial charge in [-0.05, 0) is 23.3 Å². The Kier molecular flexibility index (Phi) is 5.62. The lowest BCUT2D eigenvalue weighted by Crippen LogP contribution is -2.24. The second-order valence-electron chi connectivity index (χ2n) is 6.95. The highest BCUT2D eigenvalue weighted by molar-refractivity contribution is 6.11. The maximum absolute atomic E-state index is 9.58. The molecular formula is C21H22N8O. The number of nitrogens with one attached hydrogen (secondary N) is 1. The Hall–Kier alpha value is -3.85. The Morgan fingerprint density at radius 2 is 1.87 bits per heavy atom. The molecule has 9 heteroatoms. The summed E-state index contributed by atoms with van der Waals surface area (Å²) in [4.78, 5) is 16.9. The first-order chi connectivity index (χ1) is 14.7. The molecule has 4 aromatic heterocycles. The molecule has 1 atom stereocenters. The van der Waals surface area contributed by atoms with Crippen LogP contribution in [-0.4, -0.2) is 40.0 Å². The quantitative estimate of drug-likeness (QED) is 0.278. The number of aromatic nitrogens is 6. The maximum atomic E-state index is 9.58. The maximum Gasteiger partial charge on any atom is 0.136 e. The third kappa shape index (κ3) is 3.96. The average molecular weight is 402 g/mol. The van der Waals surface area contributed by atoms with Gasteiger partial charge in [-0.25, -0.2) is 9.97 Å². The lowest BCUT2D eigenvalue weighted by molar-refractivity contribution is 0.319. The van der Waals surface area contributed by atoms with Gasteiger partial charge in [0.2, 0.25) is 0 Å². The van der Waals surface area contributed by atoms with Gasteiger partial charge in [-0.1, -0.05) is 11.2 Å². The van der Waals surface area contributed by atoms with Gasteiger partial charge in [0.15, 0.2) is 0 Å². The SMILES string of the molecule is Cn1cncc1/C(=N\O)c1cncc(CNC(c2cccnc2)c2cncn2C)c1. The lowest BCUT2D eigenvalue weighted by Gasteiger charge is -2.19. The summed E-state index contributed by atoms with van der Waals surface area (Å²) in [5.74, 6) is 0. The molecule has 0 spiro atoms. The summed E-state index contributed by atoms with van der Waals surface area (Å²) in [7, 11) is 3.81. The number of pyridine rings is 2. The number of rotatable bonds is 7. The van der Waals surface area contributed by atoms with Crippen molar-refractivity contribution in [2.75, 3.05) is 0 Å². The van der Waals surface area contributed by atoms with Crippen LogP contribution in [0, 0.1) is 0 Å². The summed E-state index contributed by atoms with van der Waals surface area (Å²) in [5, 5.41) is 16.6. The largest absolute Gasteiger partial charge is 0.410 e. The van der Waals surface area contributed by atoms with Crippen molar-refractivity contribution in [3.05, 3.63) is 96.1 Å². The van der Waals surface area contributed by atoms with Crippen molar-refractivity contribution in [2.45, 2.75) is 12.6 Å². The van der Waals surface area contributed by atoms with Crippen LogP contribution >= 0.6 is 0 Å². The highest BCUT2D eigenvalue weighted by Gasteiger charge is 2.18. The van der Waals surface area contributed by atoms with E-state index in [2.05, 4.69) is 30.4 Å². The van der Waals surface area contributed by atoms with E-state index in [1.807, 2.05) is 49.3 Å². The van der Waals surface area contributed by atoms with Gasteiger partial charge in [0, 0.05) is 51.0 Å². The summed E-state index contributed by atoms with van der Waals surface area (Å²) in [6.45, 7) is 0.551. The summed E-state index contributed by atoms with van der Waals surface area (Å²) in [6, 6.07) is 5.81. The van der Waals surface area contributed by atoms with Gasteiger partial charge in [-0.15, -0.1) is 0 Å². The van der Waals surface area contributed by atoms with Gasteiger partial charge in [0.1, 0.15) is 5.71 Å². The zero-order valence-electron chi connectivity index (χ0n) is 16.7. The Balaban J connectivity index is 1.59. The Bertz CT molecular complexity index is 1150. The molecule has 4 aromatic rings. The van der Waals surface area contributed by atoms with Crippen LogP contribution < -0.4 is 5.32 Å². The first kappa shape index (κ1) is 19.5. The molecule has 0 bridgehead atoms. The molecule has 152 valence electrons. The number of imidazole rings is 2. The third-order valence-corrected chi connectivity index (χ3v) is 4.91. The van der Waals surface area contributed by atoms with Crippen molar-refractivity contribution in [2.24, 2.45) is 19.3 Å². The smallest absolute Gasteiger partial charge is 0.136 e. The molecule has 0 saturated carbocycles. The summed E-state index contributed by atoms with van der Waals surface area (Å²) in [6.07, 6.45) is 14.0. The van der Waals surface area contributed by atoms with Crippen LogP contribution in [0.25, 0.3) is 0 Å². The molecule has 0 aliphatic carbocycles. The van der Waals surface area contributed by atoms with E-state index in [0.717, 1.165) is 16.8 Å². The zero-order valence-corrected chi connectivity index (χ0v) is 16.7. The number of oxime groups is 1. The van der Waals surface area contributed by atoms with Crippen LogP contribution in [0.1, 0.15) is 34.1 Å². The standard InChI is InChI=1S/C21H22N8O/c1-28-13-24-11-18(28)20(16-4-3-5-22-9-16)26-8-15-6-17(10-23-7-15)21(27-30)19-12-25-14-29(19)2/h3-7,9-14,20,26,30H,8H2,1-2H3/b27-21-. The predicted octanol–water partition coefficient (Wildman–Crippen LogP) is 2.05. The summed E-state index contributed by atoms with van der Waals surface area (Å²) in [5.41, 5.74) is 4.84. The first-order valence-electron chi connectivity index (χ1n) is 9.40. The highest BCUT2D eigenvalue weighted by Crippen LogP contribution is 2.21. The minimum atomic E-state index is -0.0853. The second-order valence-corrected chi connectivity index (χ2v) is 6.95. The molecule has 0 amide bonds. The van der Waals surface area contributed by atoms with Crippen LogP contribution in [0.3, 0.4) is 0 Å². The fourth-order valence-corrected chi connectivity index (χ4v) is 3.36. The molecule has 9 nitrogen and oxygen atoms in total. The summed E-state index contributed by atoms with van der Waals surface area (Å²) >= 11 is 0. The number of nitrogens with zero attached hydrogens (tertiary/aromatic N) is 7. The molecule has 0 saturated heterocycles. The zero-order chi connectivity index (χ0) is 20.9. The van der Waals surface area contributed by atoms with Crippen molar-refractivity contribution >= 4 is 5.71 Å². The van der Waals surface area contributed by atoms with E-state index < -0.39 is 0 Å². The molecule has 0 radical (unpaired) electrons. The van der Waals surface area contributed by atoms with Crippen molar-refractivity contribution in [3.8, 4) is 0 Å². The third-order valence-electron chi connectivity index (χ3n) is 4.91. The van der Waals surface area contributed by atoms with Crippen molar-refractivity contribution in [1.29, 1.82) is 0 Å². The normalized spacial score (nSPS) is 12.8. The summed E-state index contributed by atoms with van der Waals surface area (Å²) < 4.78 is 3.78. The fraction of sp³-hybridized carbons (Fsp3) is 0.190. The molecule has 0 aliphatic rings. The number of hydrogen-bond donors (Lipinski definition) is 2. The topological polar surface area (TPSA) is 106 Å². The Morgan fingerprint density at radius 3 is 2.53 bits per heavy atom. The molecule has 30 heavy (non-hydrogen) atoms. The molecule has 0 fully saturated rings. The average Bonchev–Trinajstić information content (AvgIpc) is 3.39. The number of aryl methyl sites for hydroxylation is 2. The van der Waals surface area contributed by atoms with Gasteiger partial charge >= 0.3 is 0 Å². The van der Waals surface area contributed by atoms with Crippen molar-refractivity contribution in [3.63, 3.8) is 0 Å². The van der Waals surface area contributed by atoms with Crippen molar-refractivity contribution in [1.82, 2.24) is 34.4 Å². The number of hydrogen-bond acceptors (Lipinski definition) is 7.